The first kappa shape index (κ1) is 13.7. The average molecular weight is 346 g/mol. The Kier molecular flexibility index (Phi) is 5.14. The maximum atomic E-state index is 13.7. The summed E-state index contributed by atoms with van der Waals surface area (Å²) in [7, 11) is 1.48. The first-order valence-corrected chi connectivity index (χ1v) is 5.81. The van der Waals surface area contributed by atoms with Crippen LogP contribution < -0.4 is 10.5 Å². The molecular weight excluding hydrogens is 334 g/mol. The number of benzene rings is 1. The van der Waals surface area contributed by atoms with E-state index in [1.807, 2.05) is 22.6 Å². The van der Waals surface area contributed by atoms with Crippen molar-refractivity contribution in [3.05, 3.63) is 48.4 Å². The van der Waals surface area contributed by atoms with Crippen molar-refractivity contribution in [2.75, 3.05) is 7.11 Å². The van der Waals surface area contributed by atoms with Crippen LogP contribution in [-0.2, 0) is 0 Å². The molecule has 0 saturated carbocycles. The summed E-state index contributed by atoms with van der Waals surface area (Å²) >= 11 is 1.98. The van der Waals surface area contributed by atoms with Crippen LogP contribution in [0.25, 0.3) is 5.70 Å². The Morgan fingerprint density at radius 1 is 1.59 bits per heavy atom. The van der Waals surface area contributed by atoms with Crippen LogP contribution in [0.5, 0.6) is 5.75 Å². The molecule has 1 aromatic carbocycles. The Balaban J connectivity index is 3.08. The second kappa shape index (κ2) is 6.39. The Bertz CT molecular complexity index is 483. The van der Waals surface area contributed by atoms with Gasteiger partial charge in [-0.3, -0.25) is 4.99 Å². The molecular formula is C12H12FIN2O. The van der Waals surface area contributed by atoms with E-state index < -0.39 is 5.82 Å². The SMILES string of the molecule is C=C/N=C(I)\C=C(/N)c1ccc(OC)cc1F. The molecule has 0 aliphatic heterocycles. The zero-order chi connectivity index (χ0) is 12.8. The third kappa shape index (κ3) is 3.85. The zero-order valence-electron chi connectivity index (χ0n) is 9.28. The summed E-state index contributed by atoms with van der Waals surface area (Å²) in [5.74, 6) is 0.0226. The van der Waals surface area contributed by atoms with Crippen LogP contribution in [0.2, 0.25) is 0 Å². The minimum Gasteiger partial charge on any atom is -0.497 e. The number of allylic oxidation sites excluding steroid dienone is 1. The maximum Gasteiger partial charge on any atom is 0.136 e. The van der Waals surface area contributed by atoms with E-state index in [0.29, 0.717) is 20.7 Å². The molecule has 0 bridgehead atoms. The third-order valence-corrected chi connectivity index (χ3v) is 2.57. The van der Waals surface area contributed by atoms with E-state index in [9.17, 15) is 4.39 Å². The van der Waals surface area contributed by atoms with Crippen molar-refractivity contribution < 1.29 is 9.13 Å². The van der Waals surface area contributed by atoms with Gasteiger partial charge in [0.1, 0.15) is 15.3 Å². The minimum atomic E-state index is -0.430. The van der Waals surface area contributed by atoms with Gasteiger partial charge in [0.15, 0.2) is 0 Å². The van der Waals surface area contributed by atoms with Gasteiger partial charge in [-0.15, -0.1) is 0 Å². The third-order valence-electron chi connectivity index (χ3n) is 1.98. The molecule has 0 saturated heterocycles. The number of rotatable bonds is 4. The van der Waals surface area contributed by atoms with Crippen LogP contribution in [0.15, 0.2) is 42.0 Å². The normalized spacial score (nSPS) is 12.4. The van der Waals surface area contributed by atoms with Gasteiger partial charge in [0.2, 0.25) is 0 Å². The van der Waals surface area contributed by atoms with Gasteiger partial charge in [0.05, 0.1) is 7.11 Å². The number of ether oxygens (including phenoxy) is 1. The summed E-state index contributed by atoms with van der Waals surface area (Å²) < 4.78 is 19.2. The molecule has 5 heteroatoms. The lowest BCUT2D eigenvalue weighted by atomic mass is 10.1. The van der Waals surface area contributed by atoms with E-state index in [0.717, 1.165) is 0 Å². The Morgan fingerprint density at radius 2 is 2.29 bits per heavy atom. The van der Waals surface area contributed by atoms with Crippen molar-refractivity contribution >= 4 is 32.0 Å². The molecule has 0 atom stereocenters. The molecule has 0 unspecified atom stereocenters. The molecule has 90 valence electrons. The van der Waals surface area contributed by atoms with Crippen LogP contribution in [-0.4, -0.2) is 10.8 Å². The smallest absolute Gasteiger partial charge is 0.136 e. The largest absolute Gasteiger partial charge is 0.497 e. The second-order valence-electron chi connectivity index (χ2n) is 3.08. The number of nitrogens with zero attached hydrogens (tertiary/aromatic N) is 1. The van der Waals surface area contributed by atoms with Crippen molar-refractivity contribution in [1.29, 1.82) is 0 Å². The molecule has 0 aromatic heterocycles. The van der Waals surface area contributed by atoms with Crippen molar-refractivity contribution in [3.63, 3.8) is 0 Å². The molecule has 0 aliphatic rings. The highest BCUT2D eigenvalue weighted by molar-refractivity contribution is 14.1. The van der Waals surface area contributed by atoms with Gasteiger partial charge in [-0.05, 0) is 40.8 Å². The predicted molar refractivity (Wildman–Crippen MR) is 76.8 cm³/mol. The number of methoxy groups -OCH3 is 1. The predicted octanol–water partition coefficient (Wildman–Crippen LogP) is 3.11. The van der Waals surface area contributed by atoms with Crippen LogP contribution in [0.3, 0.4) is 0 Å². The van der Waals surface area contributed by atoms with Crippen molar-refractivity contribution in [3.8, 4) is 5.75 Å². The van der Waals surface area contributed by atoms with E-state index in [-0.39, 0.29) is 0 Å². The zero-order valence-corrected chi connectivity index (χ0v) is 11.4. The van der Waals surface area contributed by atoms with Crippen LogP contribution in [0.1, 0.15) is 5.56 Å². The van der Waals surface area contributed by atoms with Crippen LogP contribution >= 0.6 is 22.6 Å². The van der Waals surface area contributed by atoms with Crippen molar-refractivity contribution in [2.24, 2.45) is 10.7 Å². The van der Waals surface area contributed by atoms with E-state index in [4.69, 9.17) is 10.5 Å². The number of hydrogen-bond acceptors (Lipinski definition) is 3. The summed E-state index contributed by atoms with van der Waals surface area (Å²) in [6.07, 6.45) is 2.98. The Labute approximate surface area is 113 Å². The maximum absolute atomic E-state index is 13.7. The molecule has 0 fully saturated rings. The van der Waals surface area contributed by atoms with E-state index in [1.54, 1.807) is 18.2 Å². The van der Waals surface area contributed by atoms with Gasteiger partial charge in [0, 0.05) is 23.5 Å². The molecule has 3 nitrogen and oxygen atoms in total. The molecule has 0 aliphatic carbocycles. The Hall–Kier alpha value is -1.37. The molecule has 17 heavy (non-hydrogen) atoms. The number of aliphatic imine (C=N–C) groups is 1. The van der Waals surface area contributed by atoms with Gasteiger partial charge in [-0.1, -0.05) is 6.58 Å². The number of halogens is 2. The molecule has 0 amide bonds. The number of nitrogens with two attached hydrogens (primary N) is 1. The monoisotopic (exact) mass is 346 g/mol. The highest BCUT2D eigenvalue weighted by Crippen LogP contribution is 2.20. The topological polar surface area (TPSA) is 47.6 Å². The quantitative estimate of drug-likeness (QED) is 0.673. The summed E-state index contributed by atoms with van der Waals surface area (Å²) in [6.45, 7) is 3.47. The average Bonchev–Trinajstić information content (AvgIpc) is 2.28. The second-order valence-corrected chi connectivity index (χ2v) is 4.19. The summed E-state index contributed by atoms with van der Waals surface area (Å²) in [4.78, 5) is 3.92. The summed E-state index contributed by atoms with van der Waals surface area (Å²) in [6, 6.07) is 4.50. The van der Waals surface area contributed by atoms with Crippen molar-refractivity contribution in [1.82, 2.24) is 0 Å². The van der Waals surface area contributed by atoms with Gasteiger partial charge in [-0.2, -0.15) is 0 Å². The van der Waals surface area contributed by atoms with E-state index in [1.165, 1.54) is 19.4 Å². The number of hydrogen-bond donors (Lipinski definition) is 1. The molecule has 0 spiro atoms. The Morgan fingerprint density at radius 3 is 2.82 bits per heavy atom. The summed E-state index contributed by atoms with van der Waals surface area (Å²) in [5, 5.41) is 0. The van der Waals surface area contributed by atoms with Crippen LogP contribution in [0, 0.1) is 5.82 Å². The minimum absolute atomic E-state index is 0.306. The van der Waals surface area contributed by atoms with E-state index in [2.05, 4.69) is 11.6 Å². The van der Waals surface area contributed by atoms with Crippen LogP contribution in [0.4, 0.5) is 4.39 Å². The van der Waals surface area contributed by atoms with Crippen molar-refractivity contribution in [2.45, 2.75) is 0 Å². The lowest BCUT2D eigenvalue weighted by Crippen LogP contribution is -2.01. The van der Waals surface area contributed by atoms with Gasteiger partial charge in [0.25, 0.3) is 0 Å². The highest BCUT2D eigenvalue weighted by Gasteiger charge is 2.06. The standard InChI is InChI=1S/C12H12FIN2O/c1-3-16-12(14)7-11(15)9-5-4-8(17-2)6-10(9)13/h3-7H,1,15H2,2H3/b11-7-,16-12+. The first-order chi connectivity index (χ1) is 8.08. The fraction of sp³-hybridized carbons (Fsp3) is 0.0833. The lowest BCUT2D eigenvalue weighted by Gasteiger charge is -2.05. The van der Waals surface area contributed by atoms with Gasteiger partial charge >= 0.3 is 0 Å². The summed E-state index contributed by atoms with van der Waals surface area (Å²) in [5.41, 5.74) is 6.40. The first-order valence-electron chi connectivity index (χ1n) is 4.73. The molecule has 0 heterocycles. The highest BCUT2D eigenvalue weighted by atomic mass is 127. The molecule has 1 aromatic rings. The molecule has 2 N–H and O–H groups in total. The molecule has 0 radical (unpaired) electrons. The fourth-order valence-corrected chi connectivity index (χ4v) is 1.72. The van der Waals surface area contributed by atoms with E-state index >= 15 is 0 Å². The van der Waals surface area contributed by atoms with Gasteiger partial charge in [-0.25, -0.2) is 4.39 Å². The molecule has 1 rings (SSSR count). The lowest BCUT2D eigenvalue weighted by molar-refractivity contribution is 0.411. The fourth-order valence-electron chi connectivity index (χ4n) is 1.19. The van der Waals surface area contributed by atoms with Gasteiger partial charge < -0.3 is 10.5 Å².